The van der Waals surface area contributed by atoms with Gasteiger partial charge >= 0.3 is 0 Å². The van der Waals surface area contributed by atoms with Gasteiger partial charge in [0, 0.05) is 92.4 Å². The van der Waals surface area contributed by atoms with E-state index in [0.717, 1.165) is 109 Å². The predicted molar refractivity (Wildman–Crippen MR) is 434 cm³/mol. The largest absolute Gasteiger partial charge is 0.471 e. The molecule has 8 fully saturated rings. The number of aromatic nitrogens is 16. The Balaban J connectivity index is 0.000000114. The van der Waals surface area contributed by atoms with E-state index in [9.17, 15) is 28.0 Å². The Bertz CT molecular complexity index is 5570. The van der Waals surface area contributed by atoms with Crippen molar-refractivity contribution in [3.8, 4) is 69.1 Å². The Morgan fingerprint density at radius 2 is 0.650 bits per heavy atom. The minimum absolute atomic E-state index is 0.00475. The average Bonchev–Trinajstić information content (AvgIpc) is 1.54. The molecule has 0 radical (unpaired) electrons. The van der Waals surface area contributed by atoms with Crippen molar-refractivity contribution < 1.29 is 46.9 Å². The van der Waals surface area contributed by atoms with Gasteiger partial charge in [-0.1, -0.05) is 47.5 Å². The van der Waals surface area contributed by atoms with Crippen LogP contribution in [0.3, 0.4) is 0 Å². The van der Waals surface area contributed by atoms with Crippen molar-refractivity contribution in [2.75, 3.05) is 26.2 Å². The summed E-state index contributed by atoms with van der Waals surface area (Å²) < 4.78 is 53.8. The summed E-state index contributed by atoms with van der Waals surface area (Å²) in [7, 11) is 0. The third kappa shape index (κ3) is 17.0. The second-order valence-electron chi connectivity index (χ2n) is 31.8. The maximum absolute atomic E-state index is 14.8. The minimum atomic E-state index is -0.574. The summed E-state index contributed by atoms with van der Waals surface area (Å²) in [5.74, 6) is 3.50. The summed E-state index contributed by atoms with van der Waals surface area (Å²) in [4.78, 5) is 130. The Morgan fingerprint density at radius 1 is 0.308 bits per heavy atom. The number of halogens is 2. The lowest BCUT2D eigenvalue weighted by molar-refractivity contribution is 0.0460. The van der Waals surface area contributed by atoms with Crippen molar-refractivity contribution in [3.63, 3.8) is 0 Å². The number of hydrogen-bond donors (Lipinski definition) is 0. The zero-order valence-corrected chi connectivity index (χ0v) is 66.9. The summed E-state index contributed by atoms with van der Waals surface area (Å²) in [5, 5.41) is 0. The molecule has 0 spiro atoms. The van der Waals surface area contributed by atoms with Gasteiger partial charge in [-0.2, -0.15) is 0 Å². The molecule has 8 bridgehead atoms. The van der Waals surface area contributed by atoms with Gasteiger partial charge in [-0.25, -0.2) is 68.6 Å². The van der Waals surface area contributed by atoms with Crippen LogP contribution in [0, 0.1) is 76.8 Å². The highest BCUT2D eigenvalue weighted by Gasteiger charge is 2.53. The molecule has 20 rings (SSSR count). The maximum atomic E-state index is 14.8. The molecule has 12 unspecified atom stereocenters. The molecule has 12 aromatic rings. The molecule has 30 heteroatoms. The molecular formula is C90H86F2N20O8. The zero-order valence-electron chi connectivity index (χ0n) is 66.9. The summed E-state index contributed by atoms with van der Waals surface area (Å²) in [6.07, 6.45) is 32.9. The fraction of sp³-hybridized carbons (Fsp3) is 0.333. The highest BCUT2D eigenvalue weighted by Crippen LogP contribution is 2.46. The minimum Gasteiger partial charge on any atom is -0.471 e. The van der Waals surface area contributed by atoms with Gasteiger partial charge in [-0.3, -0.25) is 39.1 Å². The average molecular weight is 1610 g/mol. The number of amides is 4. The topological polar surface area (TPSA) is 324 Å². The Kier molecular flexibility index (Phi) is 22.7. The van der Waals surface area contributed by atoms with E-state index in [1.807, 2.05) is 87.7 Å². The quantitative estimate of drug-likeness (QED) is 0.0867. The van der Waals surface area contributed by atoms with Crippen molar-refractivity contribution in [1.29, 1.82) is 0 Å². The van der Waals surface area contributed by atoms with Gasteiger partial charge in [0.1, 0.15) is 36.1 Å². The number of rotatable bonds is 16. The van der Waals surface area contributed by atoms with Crippen LogP contribution in [0.15, 0.2) is 196 Å². The lowest BCUT2D eigenvalue weighted by Crippen LogP contribution is -2.47. The van der Waals surface area contributed by atoms with E-state index in [2.05, 4.69) is 79.7 Å². The van der Waals surface area contributed by atoms with Crippen molar-refractivity contribution in [2.45, 2.75) is 141 Å². The third-order valence-corrected chi connectivity index (χ3v) is 23.4. The van der Waals surface area contributed by atoms with E-state index in [0.29, 0.717) is 94.4 Å². The standard InChI is InChI=1S/2C23H23N5O2.2C22H20FN5O2/c1-14-4-5-17(18(8-14)22-24-6-3-7-25-22)23(29)28-13-16-9-19(28)20(10-16)30-21-12-26-15(2)11-27-21;1-14-4-5-17(22-24-6-3-7-25-22)18(8-14)23(29)28-13-16-9-19(28)20(10-16)30-21-12-26-15(2)11-27-21;1-13-10-27-19(11-26-13)30-18-9-14-8-17(18)28(12-14)22(29)15-4-2-5-16(23)20(15)21-24-6-3-7-25-21;1-13-10-27-19(11-26-13)30-18-9-14-8-17(18)28(12-14)22(29)20-15(4-2-5-16(20)23)21-24-6-3-7-25-21/h2*3-8,11-12,16,19-20H,9-10,13H2,1-2H3;2*2-7,10-11,14,17-18H,8-9,12H2,1H3. The molecular weight excluding hydrogens is 1530 g/mol. The monoisotopic (exact) mass is 1610 g/mol. The third-order valence-electron chi connectivity index (χ3n) is 23.4. The summed E-state index contributed by atoms with van der Waals surface area (Å²) in [6, 6.07) is 27.4. The number of benzene rings is 4. The molecule has 608 valence electrons. The first kappa shape index (κ1) is 79.0. The highest BCUT2D eigenvalue weighted by atomic mass is 19.1. The number of piperidine rings is 4. The molecule has 4 aliphatic carbocycles. The molecule has 4 aliphatic heterocycles. The van der Waals surface area contributed by atoms with E-state index in [4.69, 9.17) is 18.9 Å². The van der Waals surface area contributed by atoms with Gasteiger partial charge in [0.15, 0.2) is 23.3 Å². The van der Waals surface area contributed by atoms with Crippen LogP contribution in [0.4, 0.5) is 8.78 Å². The van der Waals surface area contributed by atoms with E-state index in [-0.39, 0.29) is 94.7 Å². The van der Waals surface area contributed by atoms with Crippen LogP contribution < -0.4 is 18.9 Å². The lowest BCUT2D eigenvalue weighted by Gasteiger charge is -2.33. The van der Waals surface area contributed by atoms with Crippen LogP contribution in [-0.4, -0.2) is 198 Å². The first-order valence-electron chi connectivity index (χ1n) is 40.3. The van der Waals surface area contributed by atoms with E-state index < -0.39 is 11.6 Å². The number of hydrogen-bond acceptors (Lipinski definition) is 24. The number of aryl methyl sites for hydroxylation is 6. The van der Waals surface area contributed by atoms with Crippen LogP contribution >= 0.6 is 0 Å². The number of nitrogens with zero attached hydrogens (tertiary/aromatic N) is 20. The van der Waals surface area contributed by atoms with Crippen LogP contribution in [0.5, 0.6) is 23.5 Å². The molecule has 28 nitrogen and oxygen atoms in total. The molecule has 0 N–H and O–H groups in total. The van der Waals surface area contributed by atoms with E-state index in [1.165, 1.54) is 24.5 Å². The first-order valence-corrected chi connectivity index (χ1v) is 40.3. The van der Waals surface area contributed by atoms with E-state index in [1.54, 1.807) is 145 Å². The fourth-order valence-corrected chi connectivity index (χ4v) is 18.0. The molecule has 4 amide bonds. The number of ether oxygens (including phenoxy) is 4. The summed E-state index contributed by atoms with van der Waals surface area (Å²) in [5.41, 5.74) is 9.02. The molecule has 4 aromatic carbocycles. The van der Waals surface area contributed by atoms with Gasteiger partial charge in [-0.15, -0.1) is 0 Å². The van der Waals surface area contributed by atoms with Crippen molar-refractivity contribution >= 4 is 23.6 Å². The normalized spacial score (nSPS) is 22.3. The zero-order chi connectivity index (χ0) is 82.7. The number of carbonyl (C=O) groups is 4. The molecule has 4 saturated heterocycles. The van der Waals surface area contributed by atoms with Crippen LogP contribution in [0.1, 0.15) is 127 Å². The number of likely N-dealkylation sites (tertiary alicyclic amines) is 4. The summed E-state index contributed by atoms with van der Waals surface area (Å²) >= 11 is 0. The number of carbonyl (C=O) groups excluding carboxylic acids is 4. The fourth-order valence-electron chi connectivity index (χ4n) is 18.0. The second kappa shape index (κ2) is 34.6. The van der Waals surface area contributed by atoms with Crippen molar-refractivity contribution in [2.24, 2.45) is 23.7 Å². The number of fused-ring (bicyclic) bond motifs is 8. The maximum Gasteiger partial charge on any atom is 0.257 e. The Hall–Kier alpha value is -13.5. The Morgan fingerprint density at radius 3 is 1.05 bits per heavy atom. The van der Waals surface area contributed by atoms with Crippen LogP contribution in [0.25, 0.3) is 45.6 Å². The Labute approximate surface area is 690 Å². The lowest BCUT2D eigenvalue weighted by atomic mass is 10.0. The van der Waals surface area contributed by atoms with Crippen molar-refractivity contribution in [3.05, 3.63) is 264 Å². The van der Waals surface area contributed by atoms with Gasteiger partial charge in [-0.05, 0) is 177 Å². The summed E-state index contributed by atoms with van der Waals surface area (Å²) in [6.45, 7) is 14.2. The second-order valence-corrected chi connectivity index (χ2v) is 31.8. The predicted octanol–water partition coefficient (Wildman–Crippen LogP) is 12.6. The SMILES string of the molecule is Cc1ccc(-c2ncccn2)c(C(=O)N2CC3CC(Oc4cnc(C)cn4)C2C3)c1.Cc1ccc(C(=O)N2CC3CC(Oc4cnc(C)cn4)C2C3)c(-c2ncccn2)c1.Cc1cnc(OC2CC3CC2N(C(=O)c2c(F)cccc2-c2ncccn2)C3)cn1.Cc1cnc(OC2CC3CC2N(C(=O)c2cccc(F)c2-c2ncccn2)C3)cn1. The molecule has 12 heterocycles. The molecule has 8 aliphatic rings. The molecule has 12 atom stereocenters. The van der Waals surface area contributed by atoms with Gasteiger partial charge < -0.3 is 38.5 Å². The smallest absolute Gasteiger partial charge is 0.257 e. The van der Waals surface area contributed by atoms with Crippen LogP contribution in [0.2, 0.25) is 0 Å². The van der Waals surface area contributed by atoms with Crippen LogP contribution in [-0.2, 0) is 0 Å². The molecule has 4 saturated carbocycles. The van der Waals surface area contributed by atoms with E-state index >= 15 is 0 Å². The van der Waals surface area contributed by atoms with Gasteiger partial charge in [0.25, 0.3) is 23.6 Å². The molecule has 120 heavy (non-hydrogen) atoms. The highest BCUT2D eigenvalue weighted by molar-refractivity contribution is 6.03. The van der Waals surface area contributed by atoms with Crippen molar-refractivity contribution in [1.82, 2.24) is 99.3 Å². The van der Waals surface area contributed by atoms with Gasteiger partial charge in [0.05, 0.1) is 124 Å². The molecule has 8 aromatic heterocycles. The first-order chi connectivity index (χ1) is 58.4. The van der Waals surface area contributed by atoms with Gasteiger partial charge in [0.2, 0.25) is 23.5 Å².